The Morgan fingerprint density at radius 1 is 0.266 bits per heavy atom. The Kier molecular flexibility index (Phi) is 79.8. The van der Waals surface area contributed by atoms with Crippen LogP contribution < -0.4 is 0 Å². The molecule has 3 unspecified atom stereocenters. The molecule has 0 radical (unpaired) electrons. The Labute approximate surface area is 670 Å². The third-order valence-electron chi connectivity index (χ3n) is 21.6. The van der Waals surface area contributed by atoms with Crippen LogP contribution in [0.3, 0.4) is 0 Å². The number of hydrogen-bond acceptors (Lipinski definition) is 15. The van der Waals surface area contributed by atoms with Crippen LogP contribution in [0.15, 0.2) is 0 Å². The van der Waals surface area contributed by atoms with E-state index in [0.29, 0.717) is 25.7 Å². The van der Waals surface area contributed by atoms with Gasteiger partial charge in [0.05, 0.1) is 26.4 Å². The van der Waals surface area contributed by atoms with Crippen LogP contribution in [0.4, 0.5) is 0 Å². The summed E-state index contributed by atoms with van der Waals surface area (Å²) in [5.74, 6) is -0.503. The third-order valence-corrected chi connectivity index (χ3v) is 23.5. The predicted octanol–water partition coefficient (Wildman–Crippen LogP) is 27.8. The van der Waals surface area contributed by atoms with Crippen molar-refractivity contribution in [1.29, 1.82) is 0 Å². The van der Waals surface area contributed by atoms with E-state index in [9.17, 15) is 43.2 Å². The summed E-state index contributed by atoms with van der Waals surface area (Å²) in [6.45, 7) is 9.74. The fourth-order valence-electron chi connectivity index (χ4n) is 14.1. The average molecular weight is 1590 g/mol. The molecule has 0 amide bonds. The van der Waals surface area contributed by atoms with E-state index in [4.69, 9.17) is 37.0 Å². The number of hydrogen-bond donors (Lipinski definition) is 3. The second-order valence-corrected chi connectivity index (χ2v) is 36.0. The highest BCUT2D eigenvalue weighted by Crippen LogP contribution is 2.45. The van der Waals surface area contributed by atoms with Crippen LogP contribution in [0, 0.1) is 11.8 Å². The van der Waals surface area contributed by atoms with Crippen molar-refractivity contribution in [3.05, 3.63) is 0 Å². The van der Waals surface area contributed by atoms with E-state index in [2.05, 4.69) is 41.5 Å². The molecule has 0 aliphatic rings. The number of ether oxygens (including phenoxy) is 4. The molecule has 3 N–H and O–H groups in total. The molecule has 0 bridgehead atoms. The van der Waals surface area contributed by atoms with Gasteiger partial charge in [-0.1, -0.05) is 433 Å². The Morgan fingerprint density at radius 2 is 0.468 bits per heavy atom. The highest BCUT2D eigenvalue weighted by molar-refractivity contribution is 7.47. The number of unbranched alkanes of at least 4 members (excludes halogenated alkanes) is 58. The maximum atomic E-state index is 13.2. The average Bonchev–Trinajstić information content (AvgIpc) is 0.904. The molecular formula is C90H176O17P2. The molecule has 0 aromatic carbocycles. The summed E-state index contributed by atoms with van der Waals surface area (Å²) in [7, 11) is -9.93. The van der Waals surface area contributed by atoms with Gasteiger partial charge in [-0.2, -0.15) is 0 Å². The normalized spacial score (nSPS) is 14.0. The molecule has 0 heterocycles. The summed E-state index contributed by atoms with van der Waals surface area (Å²) in [4.78, 5) is 73.4. The van der Waals surface area contributed by atoms with E-state index >= 15 is 0 Å². The summed E-state index contributed by atoms with van der Waals surface area (Å²) in [5, 5.41) is 10.7. The zero-order chi connectivity index (χ0) is 79.9. The first kappa shape index (κ1) is 107. The molecule has 648 valence electrons. The number of phosphoric acid groups is 2. The Morgan fingerprint density at radius 3 is 0.697 bits per heavy atom. The smallest absolute Gasteiger partial charge is 0.462 e. The first-order valence-corrected chi connectivity index (χ1v) is 49.5. The first-order valence-electron chi connectivity index (χ1n) is 46.5. The van der Waals surface area contributed by atoms with Crippen LogP contribution in [-0.4, -0.2) is 96.7 Å². The summed E-state index contributed by atoms with van der Waals surface area (Å²) in [6, 6.07) is 0. The molecule has 0 saturated heterocycles. The lowest BCUT2D eigenvalue weighted by molar-refractivity contribution is -0.161. The maximum Gasteiger partial charge on any atom is 0.472 e. The lowest BCUT2D eigenvalue weighted by atomic mass is 9.99. The summed E-state index contributed by atoms with van der Waals surface area (Å²) < 4.78 is 69.1. The van der Waals surface area contributed by atoms with Gasteiger partial charge in [0.15, 0.2) is 12.2 Å². The van der Waals surface area contributed by atoms with Crippen molar-refractivity contribution in [2.45, 2.75) is 503 Å². The molecule has 109 heavy (non-hydrogen) atoms. The number of rotatable bonds is 89. The highest BCUT2D eigenvalue weighted by Gasteiger charge is 2.31. The molecule has 0 rings (SSSR count). The predicted molar refractivity (Wildman–Crippen MR) is 451 cm³/mol. The number of phosphoric ester groups is 2. The molecule has 0 fully saturated rings. The largest absolute Gasteiger partial charge is 0.472 e. The van der Waals surface area contributed by atoms with Crippen molar-refractivity contribution >= 4 is 39.5 Å². The van der Waals surface area contributed by atoms with Gasteiger partial charge in [-0.15, -0.1) is 0 Å². The van der Waals surface area contributed by atoms with Crippen molar-refractivity contribution in [2.24, 2.45) is 11.8 Å². The number of aliphatic hydroxyl groups is 1. The number of carbonyl (C=O) groups excluding carboxylic acids is 4. The minimum Gasteiger partial charge on any atom is -0.462 e. The standard InChI is InChI=1S/C90H176O17P2/c1-7-10-12-14-16-18-20-22-24-26-27-28-29-30-32-34-40-44-50-57-63-69-75-89(94)106-85(78-100-87(92)72-66-60-54-48-42-38-36-35-37-41-47-53-59-65-71-83(6)9-3)80-104-108(96,97)102-76-84(91)77-103-109(98,99)105-81-86(79-101-88(93)73-67-61-55-51-45-46-52-58-64-70-82(4)5)107-90(95)74-68-62-56-49-43-39-33-31-25-23-21-19-17-15-13-11-8-2/h82-86,91H,7-81H2,1-6H3,(H,96,97)(H,98,99)/t83?,84-,85-,86-/m1/s1. The zero-order valence-electron chi connectivity index (χ0n) is 71.9. The second-order valence-electron chi connectivity index (χ2n) is 33.1. The number of esters is 4. The fourth-order valence-corrected chi connectivity index (χ4v) is 15.7. The molecule has 19 heteroatoms. The van der Waals surface area contributed by atoms with E-state index in [1.165, 1.54) is 302 Å². The monoisotopic (exact) mass is 1590 g/mol. The van der Waals surface area contributed by atoms with Gasteiger partial charge in [-0.3, -0.25) is 37.3 Å². The minimum atomic E-state index is -4.97. The molecule has 0 spiro atoms. The summed E-state index contributed by atoms with van der Waals surface area (Å²) in [6.07, 6.45) is 75.0. The van der Waals surface area contributed by atoms with Crippen LogP contribution in [-0.2, 0) is 65.4 Å². The van der Waals surface area contributed by atoms with Gasteiger partial charge >= 0.3 is 39.5 Å². The SMILES string of the molecule is CCCCCCCCCCCCCCCCCCCCCCCCC(=O)O[C@H](COC(=O)CCCCCCCCCCCCCCCCC(C)CC)COP(=O)(O)OC[C@@H](O)COP(=O)(O)OC[C@@H](COC(=O)CCCCCCCCCCCC(C)C)OC(=O)CCCCCCCCCCCCCCCCCCC. The summed E-state index contributed by atoms with van der Waals surface area (Å²) >= 11 is 0. The zero-order valence-corrected chi connectivity index (χ0v) is 73.7. The topological polar surface area (TPSA) is 237 Å². The van der Waals surface area contributed by atoms with E-state index < -0.39 is 97.5 Å². The molecular weight excluding hydrogens is 1410 g/mol. The summed E-state index contributed by atoms with van der Waals surface area (Å²) in [5.41, 5.74) is 0. The maximum absolute atomic E-state index is 13.2. The van der Waals surface area contributed by atoms with Crippen molar-refractivity contribution < 1.29 is 80.2 Å². The third kappa shape index (κ3) is 82.4. The van der Waals surface area contributed by atoms with Crippen LogP contribution in [0.1, 0.15) is 485 Å². The van der Waals surface area contributed by atoms with E-state index in [1.807, 2.05) is 0 Å². The Hall–Kier alpha value is -1.94. The molecule has 0 saturated carbocycles. The van der Waals surface area contributed by atoms with Crippen molar-refractivity contribution in [3.63, 3.8) is 0 Å². The number of carbonyl (C=O) groups is 4. The number of aliphatic hydroxyl groups excluding tert-OH is 1. The fraction of sp³-hybridized carbons (Fsp3) is 0.956. The first-order chi connectivity index (χ1) is 52.9. The Bertz CT molecular complexity index is 2080. The highest BCUT2D eigenvalue weighted by atomic mass is 31.2. The Balaban J connectivity index is 5.25. The molecule has 0 aromatic rings. The van der Waals surface area contributed by atoms with Crippen LogP contribution in [0.5, 0.6) is 0 Å². The van der Waals surface area contributed by atoms with Crippen LogP contribution in [0.2, 0.25) is 0 Å². The van der Waals surface area contributed by atoms with Gasteiger partial charge in [0.25, 0.3) is 0 Å². The van der Waals surface area contributed by atoms with Crippen LogP contribution in [0.25, 0.3) is 0 Å². The van der Waals surface area contributed by atoms with Crippen molar-refractivity contribution in [3.8, 4) is 0 Å². The lowest BCUT2D eigenvalue weighted by Gasteiger charge is -2.21. The van der Waals surface area contributed by atoms with Crippen LogP contribution >= 0.6 is 15.6 Å². The van der Waals surface area contributed by atoms with E-state index in [0.717, 1.165) is 102 Å². The molecule has 0 aliphatic heterocycles. The van der Waals surface area contributed by atoms with E-state index in [1.54, 1.807) is 0 Å². The minimum absolute atomic E-state index is 0.108. The van der Waals surface area contributed by atoms with Gasteiger partial charge in [-0.05, 0) is 37.5 Å². The second kappa shape index (κ2) is 81.2. The van der Waals surface area contributed by atoms with E-state index in [-0.39, 0.29) is 25.7 Å². The van der Waals surface area contributed by atoms with Gasteiger partial charge in [0, 0.05) is 25.7 Å². The molecule has 0 aromatic heterocycles. The molecule has 0 aliphatic carbocycles. The van der Waals surface area contributed by atoms with Gasteiger partial charge in [0.1, 0.15) is 19.3 Å². The van der Waals surface area contributed by atoms with Gasteiger partial charge < -0.3 is 33.8 Å². The van der Waals surface area contributed by atoms with Crippen molar-refractivity contribution in [2.75, 3.05) is 39.6 Å². The quantitative estimate of drug-likeness (QED) is 0.0222. The van der Waals surface area contributed by atoms with Gasteiger partial charge in [0.2, 0.25) is 0 Å². The molecule has 17 nitrogen and oxygen atoms in total. The molecule has 6 atom stereocenters. The van der Waals surface area contributed by atoms with Crippen molar-refractivity contribution in [1.82, 2.24) is 0 Å². The lowest BCUT2D eigenvalue weighted by Crippen LogP contribution is -2.30. The van der Waals surface area contributed by atoms with Gasteiger partial charge in [-0.25, -0.2) is 9.13 Å².